The summed E-state index contributed by atoms with van der Waals surface area (Å²) in [6, 6.07) is 6.08. The van der Waals surface area contributed by atoms with Gasteiger partial charge >= 0.3 is 5.97 Å². The van der Waals surface area contributed by atoms with Crippen molar-refractivity contribution in [3.05, 3.63) is 52.4 Å². The van der Waals surface area contributed by atoms with Gasteiger partial charge in [0.1, 0.15) is 0 Å². The van der Waals surface area contributed by atoms with Crippen molar-refractivity contribution in [1.29, 1.82) is 0 Å². The van der Waals surface area contributed by atoms with Gasteiger partial charge in [-0.2, -0.15) is 0 Å². The quantitative estimate of drug-likeness (QED) is 0.584. The van der Waals surface area contributed by atoms with Gasteiger partial charge in [-0.05, 0) is 37.5 Å². The smallest absolute Gasteiger partial charge is 0.338 e. The molecule has 0 saturated carbocycles. The number of aromatic nitrogens is 1. The van der Waals surface area contributed by atoms with Gasteiger partial charge in [0.15, 0.2) is 12.4 Å². The lowest BCUT2D eigenvalue weighted by Gasteiger charge is -2.14. The van der Waals surface area contributed by atoms with Gasteiger partial charge in [0.25, 0.3) is 11.8 Å². The molecule has 0 radical (unpaired) electrons. The van der Waals surface area contributed by atoms with E-state index in [0.29, 0.717) is 29.5 Å². The zero-order valence-electron chi connectivity index (χ0n) is 14.9. The van der Waals surface area contributed by atoms with Gasteiger partial charge in [0.05, 0.1) is 22.4 Å². The molecule has 7 nitrogen and oxygen atoms in total. The molecule has 26 heavy (non-hydrogen) atoms. The van der Waals surface area contributed by atoms with Crippen LogP contribution >= 0.6 is 0 Å². The molecule has 0 bridgehead atoms. The van der Waals surface area contributed by atoms with Gasteiger partial charge in [0.2, 0.25) is 0 Å². The summed E-state index contributed by atoms with van der Waals surface area (Å²) in [7, 11) is 0. The average Bonchev–Trinajstić information content (AvgIpc) is 3.13. The molecule has 0 fully saturated rings. The van der Waals surface area contributed by atoms with Crippen LogP contribution in [0.4, 0.5) is 0 Å². The number of benzene rings is 1. The first-order valence-corrected chi connectivity index (χ1v) is 8.46. The minimum Gasteiger partial charge on any atom is -0.454 e. The molecule has 1 aromatic heterocycles. The molecule has 2 amide bonds. The van der Waals surface area contributed by atoms with Crippen molar-refractivity contribution < 1.29 is 23.6 Å². The third kappa shape index (κ3) is 3.51. The fraction of sp³-hybridized carbons (Fsp3) is 0.368. The van der Waals surface area contributed by atoms with Gasteiger partial charge in [-0.1, -0.05) is 19.0 Å². The summed E-state index contributed by atoms with van der Waals surface area (Å²) in [5.41, 5.74) is 1.47. The number of fused-ring (bicyclic) bond motifs is 1. The molecule has 1 aliphatic rings. The zero-order chi connectivity index (χ0) is 18.8. The van der Waals surface area contributed by atoms with Gasteiger partial charge in [0, 0.05) is 12.6 Å². The number of hydrogen-bond donors (Lipinski definition) is 0. The minimum absolute atomic E-state index is 0.0514. The number of hydrogen-bond acceptors (Lipinski definition) is 6. The Balaban J connectivity index is 1.72. The molecule has 0 unspecified atom stereocenters. The maximum Gasteiger partial charge on any atom is 0.338 e. The first-order valence-electron chi connectivity index (χ1n) is 8.46. The standard InChI is InChI=1S/C19H20N2O5/c1-11(2)6-7-21-17(22)15-5-4-13(9-16(15)18(21)23)19(24)25-10-14-8-12(3)20-26-14/h4-5,8-9,11H,6-7,10H2,1-3H3. The first-order chi connectivity index (χ1) is 12.4. The number of aryl methyl sites for hydroxylation is 1. The zero-order valence-corrected chi connectivity index (χ0v) is 14.9. The van der Waals surface area contributed by atoms with Crippen LogP contribution in [-0.2, 0) is 11.3 Å². The van der Waals surface area contributed by atoms with E-state index in [9.17, 15) is 14.4 Å². The number of ether oxygens (including phenoxy) is 1. The van der Waals surface area contributed by atoms with E-state index in [1.165, 1.54) is 23.1 Å². The summed E-state index contributed by atoms with van der Waals surface area (Å²) in [6.07, 6.45) is 0.733. The monoisotopic (exact) mass is 356 g/mol. The highest BCUT2D eigenvalue weighted by Gasteiger charge is 2.35. The number of carbonyl (C=O) groups excluding carboxylic acids is 3. The number of rotatable bonds is 6. The highest BCUT2D eigenvalue weighted by Crippen LogP contribution is 2.25. The Morgan fingerprint density at radius 1 is 1.19 bits per heavy atom. The molecule has 0 N–H and O–H groups in total. The Labute approximate surface area is 150 Å². The second-order valence-corrected chi connectivity index (χ2v) is 6.72. The topological polar surface area (TPSA) is 89.7 Å². The van der Waals surface area contributed by atoms with E-state index in [1.54, 1.807) is 13.0 Å². The summed E-state index contributed by atoms with van der Waals surface area (Å²) in [6.45, 7) is 6.15. The van der Waals surface area contributed by atoms with Crippen molar-refractivity contribution in [2.45, 2.75) is 33.8 Å². The number of imide groups is 1. The van der Waals surface area contributed by atoms with E-state index in [0.717, 1.165) is 6.42 Å². The molecule has 0 atom stereocenters. The van der Waals surface area contributed by atoms with Crippen LogP contribution in [0.15, 0.2) is 28.8 Å². The SMILES string of the molecule is Cc1cc(COC(=O)c2ccc3c(c2)C(=O)N(CCC(C)C)C3=O)on1. The highest BCUT2D eigenvalue weighted by atomic mass is 16.5. The normalized spacial score (nSPS) is 13.5. The molecular weight excluding hydrogens is 336 g/mol. The lowest BCUT2D eigenvalue weighted by atomic mass is 10.1. The predicted molar refractivity (Wildman–Crippen MR) is 91.6 cm³/mol. The summed E-state index contributed by atoms with van der Waals surface area (Å²) >= 11 is 0. The van der Waals surface area contributed by atoms with Crippen LogP contribution in [0.2, 0.25) is 0 Å². The van der Waals surface area contributed by atoms with Crippen LogP contribution in [0.3, 0.4) is 0 Å². The molecule has 7 heteroatoms. The summed E-state index contributed by atoms with van der Waals surface area (Å²) in [4.78, 5) is 38.3. The minimum atomic E-state index is -0.595. The summed E-state index contributed by atoms with van der Waals surface area (Å²) < 4.78 is 10.2. The second kappa shape index (κ2) is 7.11. The highest BCUT2D eigenvalue weighted by molar-refractivity contribution is 6.21. The Hall–Kier alpha value is -2.96. The Bertz CT molecular complexity index is 869. The van der Waals surface area contributed by atoms with Gasteiger partial charge in [-0.3, -0.25) is 14.5 Å². The van der Waals surface area contributed by atoms with Crippen LogP contribution in [-0.4, -0.2) is 34.4 Å². The maximum atomic E-state index is 12.5. The molecule has 2 heterocycles. The first kappa shape index (κ1) is 17.8. The Morgan fingerprint density at radius 2 is 1.92 bits per heavy atom. The van der Waals surface area contributed by atoms with Crippen LogP contribution < -0.4 is 0 Å². The van der Waals surface area contributed by atoms with Crippen LogP contribution in [0.5, 0.6) is 0 Å². The van der Waals surface area contributed by atoms with E-state index in [2.05, 4.69) is 5.16 Å². The largest absolute Gasteiger partial charge is 0.454 e. The average molecular weight is 356 g/mol. The number of nitrogens with zero attached hydrogens (tertiary/aromatic N) is 2. The third-order valence-corrected chi connectivity index (χ3v) is 4.16. The predicted octanol–water partition coefficient (Wildman–Crippen LogP) is 2.98. The van der Waals surface area contributed by atoms with Gasteiger partial charge in [-0.25, -0.2) is 4.79 Å². The maximum absolute atomic E-state index is 12.5. The lowest BCUT2D eigenvalue weighted by Crippen LogP contribution is -2.31. The van der Waals surface area contributed by atoms with E-state index < -0.39 is 5.97 Å². The third-order valence-electron chi connectivity index (χ3n) is 4.16. The van der Waals surface area contributed by atoms with Crippen molar-refractivity contribution in [1.82, 2.24) is 10.1 Å². The lowest BCUT2D eigenvalue weighted by molar-refractivity contribution is 0.0437. The Morgan fingerprint density at radius 3 is 2.58 bits per heavy atom. The van der Waals surface area contributed by atoms with Crippen molar-refractivity contribution >= 4 is 17.8 Å². The molecule has 3 rings (SSSR count). The van der Waals surface area contributed by atoms with E-state index in [-0.39, 0.29) is 29.5 Å². The van der Waals surface area contributed by atoms with Crippen molar-refractivity contribution in [2.75, 3.05) is 6.54 Å². The molecule has 0 spiro atoms. The van der Waals surface area contributed by atoms with Crippen molar-refractivity contribution in [3.63, 3.8) is 0 Å². The summed E-state index contributed by atoms with van der Waals surface area (Å²) in [5, 5.41) is 3.72. The molecule has 2 aromatic rings. The molecule has 0 saturated heterocycles. The molecule has 136 valence electrons. The fourth-order valence-corrected chi connectivity index (χ4v) is 2.71. The van der Waals surface area contributed by atoms with Crippen molar-refractivity contribution in [3.8, 4) is 0 Å². The second-order valence-electron chi connectivity index (χ2n) is 6.72. The van der Waals surface area contributed by atoms with Crippen molar-refractivity contribution in [2.24, 2.45) is 5.92 Å². The molecular formula is C19H20N2O5. The van der Waals surface area contributed by atoms with Crippen LogP contribution in [0.25, 0.3) is 0 Å². The number of amides is 2. The van der Waals surface area contributed by atoms with Gasteiger partial charge in [-0.15, -0.1) is 0 Å². The fourth-order valence-electron chi connectivity index (χ4n) is 2.71. The van der Waals surface area contributed by atoms with Gasteiger partial charge < -0.3 is 9.26 Å². The molecule has 0 aliphatic carbocycles. The number of esters is 1. The molecule has 1 aliphatic heterocycles. The van der Waals surface area contributed by atoms with E-state index in [1.807, 2.05) is 13.8 Å². The van der Waals surface area contributed by atoms with Crippen LogP contribution in [0, 0.1) is 12.8 Å². The van der Waals surface area contributed by atoms with E-state index in [4.69, 9.17) is 9.26 Å². The van der Waals surface area contributed by atoms with E-state index >= 15 is 0 Å². The number of carbonyl (C=O) groups is 3. The Kier molecular flexibility index (Phi) is 4.88. The summed E-state index contributed by atoms with van der Waals surface area (Å²) in [5.74, 6) is -0.468. The molecule has 1 aromatic carbocycles. The van der Waals surface area contributed by atoms with Crippen LogP contribution in [0.1, 0.15) is 62.8 Å².